The number of aryl methyl sites for hydroxylation is 1. The van der Waals surface area contributed by atoms with E-state index in [1.807, 2.05) is 32.0 Å². The monoisotopic (exact) mass is 370 g/mol. The van der Waals surface area contributed by atoms with E-state index in [1.54, 1.807) is 14.0 Å². The molecule has 2 aromatic rings. The second-order valence-electron chi connectivity index (χ2n) is 7.25. The summed E-state index contributed by atoms with van der Waals surface area (Å²) in [7, 11) is 1.59. The standard InChI is InChI=1S/C20H22N2O5/c1-12-9-13(5-8-17(12)22(24)25)19(23)21-16-11-20(2,3)27-18-10-14(26-4)6-7-15(16)18/h5-10,16H,11H2,1-4H3,(H,21,23)/t16-/m0/s1. The lowest BCUT2D eigenvalue weighted by atomic mass is 9.89. The second kappa shape index (κ2) is 6.90. The first kappa shape index (κ1) is 18.7. The number of benzene rings is 2. The summed E-state index contributed by atoms with van der Waals surface area (Å²) in [5, 5.41) is 14.0. The van der Waals surface area contributed by atoms with Gasteiger partial charge in [-0.05, 0) is 45.0 Å². The van der Waals surface area contributed by atoms with E-state index >= 15 is 0 Å². The minimum atomic E-state index is -0.457. The minimum Gasteiger partial charge on any atom is -0.497 e. The van der Waals surface area contributed by atoms with E-state index in [0.29, 0.717) is 29.0 Å². The van der Waals surface area contributed by atoms with Gasteiger partial charge < -0.3 is 14.8 Å². The number of nitrogens with zero attached hydrogens (tertiary/aromatic N) is 1. The summed E-state index contributed by atoms with van der Waals surface area (Å²) < 4.78 is 11.3. The third-order valence-corrected chi connectivity index (χ3v) is 4.64. The molecule has 0 saturated carbocycles. The molecule has 0 radical (unpaired) electrons. The van der Waals surface area contributed by atoms with Crippen LogP contribution in [0.1, 0.15) is 47.8 Å². The maximum absolute atomic E-state index is 12.7. The number of hydrogen-bond acceptors (Lipinski definition) is 5. The molecule has 0 aromatic heterocycles. The van der Waals surface area contributed by atoms with Crippen LogP contribution in [0.5, 0.6) is 11.5 Å². The average molecular weight is 370 g/mol. The molecule has 1 heterocycles. The summed E-state index contributed by atoms with van der Waals surface area (Å²) in [6, 6.07) is 9.65. The van der Waals surface area contributed by atoms with Gasteiger partial charge in [0.15, 0.2) is 0 Å². The highest BCUT2D eigenvalue weighted by Gasteiger charge is 2.35. The molecule has 1 atom stereocenters. The van der Waals surface area contributed by atoms with Crippen molar-refractivity contribution in [2.45, 2.75) is 38.8 Å². The summed E-state index contributed by atoms with van der Waals surface area (Å²) in [6.45, 7) is 5.54. The first-order valence-corrected chi connectivity index (χ1v) is 8.63. The van der Waals surface area contributed by atoms with Crippen molar-refractivity contribution in [1.82, 2.24) is 5.32 Å². The zero-order valence-corrected chi connectivity index (χ0v) is 15.7. The van der Waals surface area contributed by atoms with Gasteiger partial charge in [0.05, 0.1) is 18.1 Å². The molecule has 2 aromatic carbocycles. The first-order valence-electron chi connectivity index (χ1n) is 8.63. The van der Waals surface area contributed by atoms with Gasteiger partial charge >= 0.3 is 0 Å². The van der Waals surface area contributed by atoms with Crippen LogP contribution >= 0.6 is 0 Å². The third-order valence-electron chi connectivity index (χ3n) is 4.64. The van der Waals surface area contributed by atoms with Crippen LogP contribution in [-0.4, -0.2) is 23.5 Å². The van der Waals surface area contributed by atoms with Crippen LogP contribution in [0.3, 0.4) is 0 Å². The molecule has 1 aliphatic rings. The van der Waals surface area contributed by atoms with E-state index in [-0.39, 0.29) is 17.6 Å². The first-order chi connectivity index (χ1) is 12.7. The molecular formula is C20H22N2O5. The van der Waals surface area contributed by atoms with E-state index in [9.17, 15) is 14.9 Å². The summed E-state index contributed by atoms with van der Waals surface area (Å²) in [5.74, 6) is 1.08. The molecule has 0 saturated heterocycles. The average Bonchev–Trinajstić information content (AvgIpc) is 2.59. The normalized spacial score (nSPS) is 17.4. The van der Waals surface area contributed by atoms with Crippen LogP contribution in [0.4, 0.5) is 5.69 Å². The number of amides is 1. The molecule has 0 unspecified atom stereocenters. The topological polar surface area (TPSA) is 90.7 Å². The number of rotatable bonds is 4. The predicted octanol–water partition coefficient (Wildman–Crippen LogP) is 3.94. The Morgan fingerprint density at radius 1 is 1.30 bits per heavy atom. The predicted molar refractivity (Wildman–Crippen MR) is 100 cm³/mol. The van der Waals surface area contributed by atoms with Crippen LogP contribution in [0.2, 0.25) is 0 Å². The summed E-state index contributed by atoms with van der Waals surface area (Å²) in [6.07, 6.45) is 0.601. The molecule has 1 aliphatic heterocycles. The number of ether oxygens (including phenoxy) is 2. The van der Waals surface area contributed by atoms with Gasteiger partial charge in [-0.3, -0.25) is 14.9 Å². The Bertz CT molecular complexity index is 907. The van der Waals surface area contributed by atoms with Gasteiger partial charge in [-0.15, -0.1) is 0 Å². The molecule has 1 N–H and O–H groups in total. The van der Waals surface area contributed by atoms with Crippen molar-refractivity contribution in [3.63, 3.8) is 0 Å². The van der Waals surface area contributed by atoms with Crippen LogP contribution < -0.4 is 14.8 Å². The summed E-state index contributed by atoms with van der Waals surface area (Å²) >= 11 is 0. The Morgan fingerprint density at radius 2 is 2.04 bits per heavy atom. The highest BCUT2D eigenvalue weighted by molar-refractivity contribution is 5.95. The molecule has 7 heteroatoms. The molecule has 0 bridgehead atoms. The summed E-state index contributed by atoms with van der Waals surface area (Å²) in [4.78, 5) is 23.2. The van der Waals surface area contributed by atoms with Gasteiger partial charge in [0.1, 0.15) is 17.1 Å². The van der Waals surface area contributed by atoms with Gasteiger partial charge in [-0.2, -0.15) is 0 Å². The van der Waals surface area contributed by atoms with Gasteiger partial charge in [0, 0.05) is 35.2 Å². The molecular weight excluding hydrogens is 348 g/mol. The number of nitrogens with one attached hydrogen (secondary N) is 1. The van der Waals surface area contributed by atoms with Gasteiger partial charge in [-0.1, -0.05) is 0 Å². The Hall–Kier alpha value is -3.09. The number of nitro groups is 1. The lowest BCUT2D eigenvalue weighted by molar-refractivity contribution is -0.385. The Kier molecular flexibility index (Phi) is 4.78. The molecule has 0 aliphatic carbocycles. The number of carbonyl (C=O) groups is 1. The molecule has 142 valence electrons. The summed E-state index contributed by atoms with van der Waals surface area (Å²) in [5.41, 5.74) is 1.25. The van der Waals surface area contributed by atoms with E-state index in [1.165, 1.54) is 18.2 Å². The van der Waals surface area contributed by atoms with E-state index in [2.05, 4.69) is 5.32 Å². The van der Waals surface area contributed by atoms with Crippen LogP contribution in [0.15, 0.2) is 36.4 Å². The van der Waals surface area contributed by atoms with Crippen molar-refractivity contribution in [2.75, 3.05) is 7.11 Å². The van der Waals surface area contributed by atoms with Crippen molar-refractivity contribution in [3.05, 3.63) is 63.2 Å². The Balaban J connectivity index is 1.88. The number of nitro benzene ring substituents is 1. The smallest absolute Gasteiger partial charge is 0.272 e. The van der Waals surface area contributed by atoms with Crippen molar-refractivity contribution >= 4 is 11.6 Å². The highest BCUT2D eigenvalue weighted by atomic mass is 16.6. The SMILES string of the molecule is COc1ccc2c(c1)OC(C)(C)C[C@@H]2NC(=O)c1ccc([N+](=O)[O-])c(C)c1. The maximum atomic E-state index is 12.7. The van der Waals surface area contributed by atoms with Gasteiger partial charge in [-0.25, -0.2) is 0 Å². The molecule has 0 fully saturated rings. The Morgan fingerprint density at radius 3 is 2.67 bits per heavy atom. The highest BCUT2D eigenvalue weighted by Crippen LogP contribution is 2.41. The van der Waals surface area contributed by atoms with Crippen LogP contribution in [0.25, 0.3) is 0 Å². The lowest BCUT2D eigenvalue weighted by Crippen LogP contribution is -2.41. The van der Waals surface area contributed by atoms with Crippen molar-refractivity contribution < 1.29 is 19.2 Å². The van der Waals surface area contributed by atoms with Crippen molar-refractivity contribution in [1.29, 1.82) is 0 Å². The number of fused-ring (bicyclic) bond motifs is 1. The van der Waals surface area contributed by atoms with Crippen LogP contribution in [-0.2, 0) is 0 Å². The zero-order valence-electron chi connectivity index (χ0n) is 15.7. The molecule has 1 amide bonds. The number of methoxy groups -OCH3 is 1. The number of hydrogen-bond donors (Lipinski definition) is 1. The lowest BCUT2D eigenvalue weighted by Gasteiger charge is -2.38. The molecule has 3 rings (SSSR count). The minimum absolute atomic E-state index is 0.00353. The van der Waals surface area contributed by atoms with E-state index < -0.39 is 10.5 Å². The van der Waals surface area contributed by atoms with E-state index in [0.717, 1.165) is 5.56 Å². The fourth-order valence-corrected chi connectivity index (χ4v) is 3.33. The van der Waals surface area contributed by atoms with Crippen molar-refractivity contribution in [3.8, 4) is 11.5 Å². The fraction of sp³-hybridized carbons (Fsp3) is 0.350. The third kappa shape index (κ3) is 3.86. The number of carbonyl (C=O) groups excluding carboxylic acids is 1. The molecule has 0 spiro atoms. The molecule has 7 nitrogen and oxygen atoms in total. The fourth-order valence-electron chi connectivity index (χ4n) is 3.33. The Labute approximate surface area is 157 Å². The quantitative estimate of drug-likeness (QED) is 0.650. The zero-order chi connectivity index (χ0) is 19.8. The largest absolute Gasteiger partial charge is 0.497 e. The van der Waals surface area contributed by atoms with Gasteiger partial charge in [0.25, 0.3) is 11.6 Å². The van der Waals surface area contributed by atoms with Crippen LogP contribution in [0, 0.1) is 17.0 Å². The van der Waals surface area contributed by atoms with Crippen molar-refractivity contribution in [2.24, 2.45) is 0 Å². The van der Waals surface area contributed by atoms with E-state index in [4.69, 9.17) is 9.47 Å². The molecule has 27 heavy (non-hydrogen) atoms. The second-order valence-corrected chi connectivity index (χ2v) is 7.25. The van der Waals surface area contributed by atoms with Gasteiger partial charge in [0.2, 0.25) is 0 Å². The maximum Gasteiger partial charge on any atom is 0.272 e.